The maximum Gasteiger partial charge on any atom is 0.296 e. The molecule has 1 rings (SSSR count). The van der Waals surface area contributed by atoms with Crippen molar-refractivity contribution in [3.63, 3.8) is 0 Å². The number of rotatable bonds is 8. The lowest BCUT2D eigenvalue weighted by molar-refractivity contribution is 0.307. The number of halogens is 1. The van der Waals surface area contributed by atoms with Crippen molar-refractivity contribution in [2.75, 3.05) is 12.5 Å². The van der Waals surface area contributed by atoms with Crippen molar-refractivity contribution in [1.82, 2.24) is 0 Å². The first-order valence-corrected chi connectivity index (χ1v) is 7.61. The summed E-state index contributed by atoms with van der Waals surface area (Å²) in [6, 6.07) is 8.18. The van der Waals surface area contributed by atoms with Gasteiger partial charge in [0.25, 0.3) is 10.1 Å². The van der Waals surface area contributed by atoms with E-state index in [0.29, 0.717) is 5.88 Å². The van der Waals surface area contributed by atoms with Crippen molar-refractivity contribution in [3.8, 4) is 0 Å². The number of alkyl halides is 1. The van der Waals surface area contributed by atoms with E-state index in [-0.39, 0.29) is 11.5 Å². The van der Waals surface area contributed by atoms with Crippen LogP contribution in [0.2, 0.25) is 0 Å². The van der Waals surface area contributed by atoms with E-state index >= 15 is 0 Å². The molecule has 0 bridgehead atoms. The molecular formula is C12H17ClO3S. The second kappa shape index (κ2) is 7.69. The van der Waals surface area contributed by atoms with Crippen LogP contribution in [-0.2, 0) is 14.3 Å². The minimum atomic E-state index is -3.58. The summed E-state index contributed by atoms with van der Waals surface area (Å²) in [6.07, 6.45) is 3.66. The van der Waals surface area contributed by atoms with Crippen molar-refractivity contribution >= 4 is 21.7 Å². The van der Waals surface area contributed by atoms with Gasteiger partial charge in [-0.05, 0) is 25.0 Å². The Morgan fingerprint density at radius 3 is 2.29 bits per heavy atom. The van der Waals surface area contributed by atoms with Gasteiger partial charge in [-0.25, -0.2) is 0 Å². The van der Waals surface area contributed by atoms with E-state index in [0.717, 1.165) is 25.7 Å². The first-order valence-electron chi connectivity index (χ1n) is 5.67. The summed E-state index contributed by atoms with van der Waals surface area (Å²) in [4.78, 5) is 0.209. The van der Waals surface area contributed by atoms with Gasteiger partial charge in [-0.2, -0.15) is 8.42 Å². The molecule has 0 aliphatic rings. The summed E-state index contributed by atoms with van der Waals surface area (Å²) in [7, 11) is -3.58. The SMILES string of the molecule is O=S(=O)(OCCCCCCCl)c1ccccc1. The third-order valence-corrected chi connectivity index (χ3v) is 3.89. The molecule has 0 saturated heterocycles. The molecule has 1 aromatic carbocycles. The standard InChI is InChI=1S/C12H17ClO3S/c13-10-6-1-2-7-11-16-17(14,15)12-8-4-3-5-9-12/h3-5,8-9H,1-2,6-7,10-11H2. The van der Waals surface area contributed by atoms with Gasteiger partial charge in [0, 0.05) is 5.88 Å². The molecule has 17 heavy (non-hydrogen) atoms. The number of benzene rings is 1. The summed E-state index contributed by atoms with van der Waals surface area (Å²) >= 11 is 5.54. The van der Waals surface area contributed by atoms with Gasteiger partial charge >= 0.3 is 0 Å². The van der Waals surface area contributed by atoms with E-state index in [1.54, 1.807) is 18.2 Å². The number of unbranched alkanes of at least 4 members (excludes halogenated alkanes) is 3. The smallest absolute Gasteiger partial charge is 0.266 e. The summed E-state index contributed by atoms with van der Waals surface area (Å²) in [5.74, 6) is 0.656. The van der Waals surface area contributed by atoms with Gasteiger partial charge in [0.15, 0.2) is 0 Å². The van der Waals surface area contributed by atoms with Crippen LogP contribution in [-0.4, -0.2) is 20.9 Å². The van der Waals surface area contributed by atoms with Crippen LogP contribution in [0.3, 0.4) is 0 Å². The van der Waals surface area contributed by atoms with Crippen LogP contribution in [0.1, 0.15) is 25.7 Å². The zero-order chi connectivity index (χ0) is 12.6. The van der Waals surface area contributed by atoms with Gasteiger partial charge < -0.3 is 0 Å². The highest BCUT2D eigenvalue weighted by Crippen LogP contribution is 2.12. The monoisotopic (exact) mass is 276 g/mol. The van der Waals surface area contributed by atoms with Crippen LogP contribution in [0.5, 0.6) is 0 Å². The average Bonchev–Trinajstić information content (AvgIpc) is 2.35. The third-order valence-electron chi connectivity index (χ3n) is 2.30. The van der Waals surface area contributed by atoms with E-state index in [1.165, 1.54) is 12.1 Å². The van der Waals surface area contributed by atoms with E-state index in [2.05, 4.69) is 0 Å². The summed E-state index contributed by atoms with van der Waals surface area (Å²) in [5, 5.41) is 0. The van der Waals surface area contributed by atoms with Crippen LogP contribution in [0.25, 0.3) is 0 Å². The number of hydrogen-bond donors (Lipinski definition) is 0. The van der Waals surface area contributed by atoms with E-state index in [4.69, 9.17) is 15.8 Å². The van der Waals surface area contributed by atoms with Crippen LogP contribution >= 0.6 is 11.6 Å². The molecule has 0 aliphatic heterocycles. The van der Waals surface area contributed by atoms with Gasteiger partial charge in [0.1, 0.15) is 0 Å². The molecule has 0 amide bonds. The Balaban J connectivity index is 2.31. The summed E-state index contributed by atoms with van der Waals surface area (Å²) in [5.41, 5.74) is 0. The average molecular weight is 277 g/mol. The molecule has 0 aromatic heterocycles. The number of hydrogen-bond acceptors (Lipinski definition) is 3. The molecule has 5 heteroatoms. The zero-order valence-corrected chi connectivity index (χ0v) is 11.2. The maximum absolute atomic E-state index is 11.7. The van der Waals surface area contributed by atoms with E-state index in [1.807, 2.05) is 0 Å². The second-order valence-corrected chi connectivity index (χ2v) is 5.69. The van der Waals surface area contributed by atoms with Crippen molar-refractivity contribution in [2.45, 2.75) is 30.6 Å². The fourth-order valence-corrected chi connectivity index (χ4v) is 2.53. The lowest BCUT2D eigenvalue weighted by Gasteiger charge is -2.05. The molecule has 0 atom stereocenters. The van der Waals surface area contributed by atoms with Crippen molar-refractivity contribution < 1.29 is 12.6 Å². The lowest BCUT2D eigenvalue weighted by atomic mass is 10.2. The molecule has 0 N–H and O–H groups in total. The van der Waals surface area contributed by atoms with Gasteiger partial charge in [-0.1, -0.05) is 31.0 Å². The first kappa shape index (κ1) is 14.5. The predicted molar refractivity (Wildman–Crippen MR) is 68.8 cm³/mol. The van der Waals surface area contributed by atoms with Crippen LogP contribution in [0, 0.1) is 0 Å². The molecule has 3 nitrogen and oxygen atoms in total. The highest BCUT2D eigenvalue weighted by molar-refractivity contribution is 7.86. The molecule has 1 aromatic rings. The lowest BCUT2D eigenvalue weighted by Crippen LogP contribution is -2.07. The Hall–Kier alpha value is -0.580. The van der Waals surface area contributed by atoms with Gasteiger partial charge in [-0.3, -0.25) is 4.18 Å². The summed E-state index contributed by atoms with van der Waals surface area (Å²) in [6.45, 7) is 0.236. The normalized spacial score (nSPS) is 11.6. The molecular weight excluding hydrogens is 260 g/mol. The Morgan fingerprint density at radius 1 is 1.00 bits per heavy atom. The molecule has 0 unspecified atom stereocenters. The highest BCUT2D eigenvalue weighted by atomic mass is 35.5. The molecule has 0 aliphatic carbocycles. The molecule has 0 spiro atoms. The van der Waals surface area contributed by atoms with Crippen molar-refractivity contribution in [3.05, 3.63) is 30.3 Å². The van der Waals surface area contributed by atoms with Crippen molar-refractivity contribution in [2.24, 2.45) is 0 Å². The Kier molecular flexibility index (Phi) is 6.55. The highest BCUT2D eigenvalue weighted by Gasteiger charge is 2.13. The van der Waals surface area contributed by atoms with E-state index in [9.17, 15) is 8.42 Å². The fraction of sp³-hybridized carbons (Fsp3) is 0.500. The predicted octanol–water partition coefficient (Wildman–Crippen LogP) is 3.19. The van der Waals surface area contributed by atoms with Crippen LogP contribution in [0.4, 0.5) is 0 Å². The Bertz CT molecular complexity index is 403. The topological polar surface area (TPSA) is 43.4 Å². The van der Waals surface area contributed by atoms with Gasteiger partial charge in [0.2, 0.25) is 0 Å². The maximum atomic E-state index is 11.7. The minimum absolute atomic E-state index is 0.209. The second-order valence-electron chi connectivity index (χ2n) is 3.69. The minimum Gasteiger partial charge on any atom is -0.266 e. The van der Waals surface area contributed by atoms with Gasteiger partial charge in [0.05, 0.1) is 11.5 Å². The largest absolute Gasteiger partial charge is 0.296 e. The molecule has 0 saturated carbocycles. The quantitative estimate of drug-likeness (QED) is 0.416. The molecule has 96 valence electrons. The summed E-state index contributed by atoms with van der Waals surface area (Å²) < 4.78 is 28.3. The molecule has 0 fully saturated rings. The first-order chi connectivity index (χ1) is 8.17. The van der Waals surface area contributed by atoms with Gasteiger partial charge in [-0.15, -0.1) is 11.6 Å². The van der Waals surface area contributed by atoms with Crippen molar-refractivity contribution in [1.29, 1.82) is 0 Å². The molecule has 0 heterocycles. The van der Waals surface area contributed by atoms with Crippen LogP contribution < -0.4 is 0 Å². The molecule has 0 radical (unpaired) electrons. The third kappa shape index (κ3) is 5.52. The van der Waals surface area contributed by atoms with E-state index < -0.39 is 10.1 Å². The Morgan fingerprint density at radius 2 is 1.65 bits per heavy atom. The zero-order valence-electron chi connectivity index (χ0n) is 9.64. The fourth-order valence-electron chi connectivity index (χ4n) is 1.37. The van der Waals surface area contributed by atoms with Crippen LogP contribution in [0.15, 0.2) is 35.2 Å². The Labute approximate surface area is 108 Å².